The molecule has 4 aromatic carbocycles. The molecule has 0 bridgehead atoms. The van der Waals surface area contributed by atoms with E-state index in [1.54, 1.807) is 48.5 Å². The third kappa shape index (κ3) is 9.01. The van der Waals surface area contributed by atoms with Crippen LogP contribution in [0.5, 0.6) is 0 Å². The van der Waals surface area contributed by atoms with Crippen LogP contribution in [0, 0.1) is 5.92 Å². The average Bonchev–Trinajstić information content (AvgIpc) is 3.02. The van der Waals surface area contributed by atoms with Crippen LogP contribution in [0.4, 0.5) is 5.69 Å². The van der Waals surface area contributed by atoms with Gasteiger partial charge in [-0.3, -0.25) is 13.9 Å². The van der Waals surface area contributed by atoms with Crippen molar-refractivity contribution in [1.82, 2.24) is 10.2 Å². The predicted octanol–water partition coefficient (Wildman–Crippen LogP) is 7.25. The zero-order valence-electron chi connectivity index (χ0n) is 24.9. The van der Waals surface area contributed by atoms with Crippen molar-refractivity contribution in [2.24, 2.45) is 5.92 Å². The molecule has 0 fully saturated rings. The minimum absolute atomic E-state index is 0.0419. The van der Waals surface area contributed by atoms with E-state index in [2.05, 4.69) is 5.32 Å². The molecule has 236 valence electrons. The van der Waals surface area contributed by atoms with Crippen LogP contribution >= 0.6 is 34.8 Å². The average molecular weight is 687 g/mol. The van der Waals surface area contributed by atoms with Crippen molar-refractivity contribution < 1.29 is 18.0 Å². The molecule has 0 aliphatic rings. The maximum Gasteiger partial charge on any atom is 0.264 e. The number of halogens is 3. The summed E-state index contributed by atoms with van der Waals surface area (Å²) in [5, 5.41) is 3.96. The fourth-order valence-corrected chi connectivity index (χ4v) is 6.74. The molecule has 11 heteroatoms. The summed E-state index contributed by atoms with van der Waals surface area (Å²) < 4.78 is 29.1. The topological polar surface area (TPSA) is 86.8 Å². The summed E-state index contributed by atoms with van der Waals surface area (Å²) in [6.45, 7) is 3.60. The van der Waals surface area contributed by atoms with Gasteiger partial charge in [0.05, 0.1) is 10.6 Å². The van der Waals surface area contributed by atoms with Gasteiger partial charge in [-0.05, 0) is 60.0 Å². The molecule has 0 aliphatic heterocycles. The minimum atomic E-state index is -4.24. The van der Waals surface area contributed by atoms with Gasteiger partial charge in [0.1, 0.15) is 12.6 Å². The second kappa shape index (κ2) is 15.6. The molecular weight excluding hydrogens is 653 g/mol. The van der Waals surface area contributed by atoms with E-state index in [9.17, 15) is 18.0 Å². The molecule has 0 saturated carbocycles. The van der Waals surface area contributed by atoms with E-state index in [1.165, 1.54) is 29.2 Å². The van der Waals surface area contributed by atoms with Crippen LogP contribution in [0.1, 0.15) is 25.0 Å². The smallest absolute Gasteiger partial charge is 0.264 e. The SMILES string of the molecule is CC(C)CNC(=O)[C@H](Cc1ccccc1)N(Cc1c(Cl)cccc1Cl)C(=O)CN(c1ccccc1)S(=O)(=O)c1ccc(Cl)cc1. The Kier molecular flexibility index (Phi) is 11.9. The number of anilines is 1. The van der Waals surface area contributed by atoms with E-state index in [4.69, 9.17) is 34.8 Å². The van der Waals surface area contributed by atoms with Gasteiger partial charge in [0, 0.05) is 40.1 Å². The molecule has 0 aliphatic carbocycles. The highest BCUT2D eigenvalue weighted by atomic mass is 35.5. The van der Waals surface area contributed by atoms with Crippen LogP contribution in [-0.2, 0) is 32.6 Å². The van der Waals surface area contributed by atoms with E-state index in [0.29, 0.717) is 27.2 Å². The molecule has 1 N–H and O–H groups in total. The van der Waals surface area contributed by atoms with Crippen LogP contribution in [0.25, 0.3) is 0 Å². The lowest BCUT2D eigenvalue weighted by Crippen LogP contribution is -2.53. The Labute approximate surface area is 279 Å². The normalized spacial score (nSPS) is 12.0. The lowest BCUT2D eigenvalue weighted by atomic mass is 10.0. The Hall–Kier alpha value is -3.56. The molecule has 0 saturated heterocycles. The van der Waals surface area contributed by atoms with E-state index in [-0.39, 0.29) is 35.4 Å². The van der Waals surface area contributed by atoms with E-state index in [0.717, 1.165) is 9.87 Å². The highest BCUT2D eigenvalue weighted by molar-refractivity contribution is 7.92. The van der Waals surface area contributed by atoms with E-state index < -0.39 is 28.5 Å². The molecule has 2 amide bonds. The molecule has 0 heterocycles. The van der Waals surface area contributed by atoms with Gasteiger partial charge in [-0.2, -0.15) is 0 Å². The molecule has 0 aromatic heterocycles. The largest absolute Gasteiger partial charge is 0.354 e. The molecule has 0 radical (unpaired) electrons. The summed E-state index contributed by atoms with van der Waals surface area (Å²) in [6.07, 6.45) is 0.174. The molecular formula is C34H34Cl3N3O4S. The zero-order chi connectivity index (χ0) is 32.6. The Bertz CT molecular complexity index is 1680. The van der Waals surface area contributed by atoms with Crippen LogP contribution in [0.15, 0.2) is 108 Å². The van der Waals surface area contributed by atoms with Gasteiger partial charge in [0.25, 0.3) is 10.0 Å². The molecule has 4 rings (SSSR count). The Morgan fingerprint density at radius 3 is 1.93 bits per heavy atom. The Morgan fingerprint density at radius 2 is 1.36 bits per heavy atom. The molecule has 0 unspecified atom stereocenters. The van der Waals surface area contributed by atoms with Crippen molar-refractivity contribution in [3.8, 4) is 0 Å². The number of hydrogen-bond acceptors (Lipinski definition) is 4. The lowest BCUT2D eigenvalue weighted by Gasteiger charge is -2.34. The fraction of sp³-hybridized carbons (Fsp3) is 0.235. The van der Waals surface area contributed by atoms with Gasteiger partial charge in [0.2, 0.25) is 11.8 Å². The van der Waals surface area contributed by atoms with Crippen molar-refractivity contribution in [3.63, 3.8) is 0 Å². The third-order valence-corrected chi connectivity index (χ3v) is 9.82. The summed E-state index contributed by atoms with van der Waals surface area (Å²) in [5.74, 6) is -0.838. The van der Waals surface area contributed by atoms with Gasteiger partial charge in [-0.25, -0.2) is 8.42 Å². The number of carbonyl (C=O) groups excluding carboxylic acids is 2. The first-order chi connectivity index (χ1) is 21.5. The predicted molar refractivity (Wildman–Crippen MR) is 181 cm³/mol. The summed E-state index contributed by atoms with van der Waals surface area (Å²) in [7, 11) is -4.24. The van der Waals surface area contributed by atoms with Crippen molar-refractivity contribution >= 4 is 62.3 Å². The molecule has 4 aromatic rings. The number of benzene rings is 4. The van der Waals surface area contributed by atoms with Crippen LogP contribution < -0.4 is 9.62 Å². The van der Waals surface area contributed by atoms with Crippen molar-refractivity contribution in [3.05, 3.63) is 129 Å². The first-order valence-electron chi connectivity index (χ1n) is 14.3. The quantitative estimate of drug-likeness (QED) is 0.161. The number of carbonyl (C=O) groups is 2. The van der Waals surface area contributed by atoms with E-state index >= 15 is 0 Å². The summed E-state index contributed by atoms with van der Waals surface area (Å²) >= 11 is 19.1. The highest BCUT2D eigenvalue weighted by Crippen LogP contribution is 2.29. The number of nitrogens with zero attached hydrogens (tertiary/aromatic N) is 2. The van der Waals surface area contributed by atoms with E-state index in [1.807, 2.05) is 44.2 Å². The van der Waals surface area contributed by atoms with Gasteiger partial charge in [-0.15, -0.1) is 0 Å². The summed E-state index contributed by atoms with van der Waals surface area (Å²) in [5.41, 5.74) is 1.54. The molecule has 0 spiro atoms. The second-order valence-electron chi connectivity index (χ2n) is 10.9. The maximum absolute atomic E-state index is 14.5. The number of rotatable bonds is 13. The highest BCUT2D eigenvalue weighted by Gasteiger charge is 2.35. The standard InChI is InChI=1S/C34H34Cl3N3O4S/c1-24(2)21-38-34(42)32(20-25-10-5-3-6-11-25)39(22-29-30(36)14-9-15-31(29)37)33(41)23-40(27-12-7-4-8-13-27)45(43,44)28-18-16-26(35)17-19-28/h3-19,24,32H,20-23H2,1-2H3,(H,38,42)/t32-/m0/s1. The van der Waals surface area contributed by atoms with Gasteiger partial charge in [-0.1, -0.05) is 103 Å². The van der Waals surface area contributed by atoms with Gasteiger partial charge >= 0.3 is 0 Å². The van der Waals surface area contributed by atoms with Crippen LogP contribution in [0.3, 0.4) is 0 Å². The summed E-state index contributed by atoms with van der Waals surface area (Å²) in [6, 6.07) is 27.3. The Balaban J connectivity index is 1.81. The van der Waals surface area contributed by atoms with Crippen LogP contribution in [0.2, 0.25) is 15.1 Å². The van der Waals surface area contributed by atoms with Crippen LogP contribution in [-0.4, -0.2) is 44.3 Å². The summed E-state index contributed by atoms with van der Waals surface area (Å²) in [4.78, 5) is 29.7. The molecule has 1 atom stereocenters. The number of sulfonamides is 1. The number of hydrogen-bond donors (Lipinski definition) is 1. The maximum atomic E-state index is 14.5. The monoisotopic (exact) mass is 685 g/mol. The van der Waals surface area contributed by atoms with Crippen molar-refractivity contribution in [1.29, 1.82) is 0 Å². The third-order valence-electron chi connectivity index (χ3n) is 7.07. The van der Waals surface area contributed by atoms with Crippen molar-refractivity contribution in [2.45, 2.75) is 37.8 Å². The number of amides is 2. The van der Waals surface area contributed by atoms with Gasteiger partial charge in [0.15, 0.2) is 0 Å². The van der Waals surface area contributed by atoms with Crippen molar-refractivity contribution in [2.75, 3.05) is 17.4 Å². The first kappa shape index (κ1) is 34.3. The minimum Gasteiger partial charge on any atom is -0.354 e. The molecule has 7 nitrogen and oxygen atoms in total. The second-order valence-corrected chi connectivity index (χ2v) is 14.0. The number of para-hydroxylation sites is 1. The zero-order valence-corrected chi connectivity index (χ0v) is 28.0. The fourth-order valence-electron chi connectivity index (χ4n) is 4.69. The molecule has 45 heavy (non-hydrogen) atoms. The number of nitrogens with one attached hydrogen (secondary N) is 1. The lowest BCUT2D eigenvalue weighted by molar-refractivity contribution is -0.140. The van der Waals surface area contributed by atoms with Gasteiger partial charge < -0.3 is 10.2 Å². The Morgan fingerprint density at radius 1 is 0.778 bits per heavy atom. The first-order valence-corrected chi connectivity index (χ1v) is 16.9.